The number of phenolic OH excluding ortho intramolecular Hbond substituents is 3. The van der Waals surface area contributed by atoms with Gasteiger partial charge in [-0.2, -0.15) is 0 Å². The molecule has 7 nitrogen and oxygen atoms in total. The van der Waals surface area contributed by atoms with Crippen LogP contribution >= 0.6 is 0 Å². The number of fused-ring (bicyclic) bond motifs is 4. The van der Waals surface area contributed by atoms with E-state index in [-0.39, 0.29) is 51.2 Å². The van der Waals surface area contributed by atoms with Crippen molar-refractivity contribution in [2.24, 2.45) is 0 Å². The summed E-state index contributed by atoms with van der Waals surface area (Å²) in [5.74, 6) is -0.901. The third kappa shape index (κ3) is 2.51. The average Bonchev–Trinajstić information content (AvgIpc) is 2.95. The topological polar surface area (TPSA) is 124 Å². The van der Waals surface area contributed by atoms with Gasteiger partial charge in [-0.3, -0.25) is 4.79 Å². The summed E-state index contributed by atoms with van der Waals surface area (Å²) in [5, 5.41) is 40.9. The van der Waals surface area contributed by atoms with Crippen LogP contribution < -0.4 is 5.43 Å². The summed E-state index contributed by atoms with van der Waals surface area (Å²) in [4.78, 5) is 13.0. The van der Waals surface area contributed by atoms with Crippen molar-refractivity contribution in [2.45, 2.75) is 19.4 Å². The second-order valence-electron chi connectivity index (χ2n) is 6.54. The van der Waals surface area contributed by atoms with Crippen LogP contribution in [-0.2, 0) is 6.42 Å². The van der Waals surface area contributed by atoms with Gasteiger partial charge in [0.25, 0.3) is 0 Å². The van der Waals surface area contributed by atoms with E-state index in [2.05, 4.69) is 6.58 Å². The number of hydrogen-bond acceptors (Lipinski definition) is 7. The predicted molar refractivity (Wildman–Crippen MR) is 99.3 cm³/mol. The summed E-state index contributed by atoms with van der Waals surface area (Å²) in [6, 6.07) is 5.47. The second-order valence-corrected chi connectivity index (χ2v) is 6.54. The van der Waals surface area contributed by atoms with Gasteiger partial charge in [0, 0.05) is 29.5 Å². The number of aliphatic hydroxyl groups is 1. The Labute approximate surface area is 152 Å². The van der Waals surface area contributed by atoms with Crippen LogP contribution in [-0.4, -0.2) is 26.5 Å². The van der Waals surface area contributed by atoms with Crippen molar-refractivity contribution >= 4 is 33.1 Å². The van der Waals surface area contributed by atoms with Crippen LogP contribution in [0.5, 0.6) is 17.2 Å². The Morgan fingerprint density at radius 3 is 2.52 bits per heavy atom. The van der Waals surface area contributed by atoms with Gasteiger partial charge in [-0.15, -0.1) is 0 Å². The van der Waals surface area contributed by atoms with E-state index in [0.29, 0.717) is 11.0 Å². The maximum atomic E-state index is 13.0. The van der Waals surface area contributed by atoms with Crippen LogP contribution in [0.4, 0.5) is 0 Å². The van der Waals surface area contributed by atoms with E-state index < -0.39 is 17.3 Å². The highest BCUT2D eigenvalue weighted by Gasteiger charge is 2.23. The highest BCUT2D eigenvalue weighted by Crippen LogP contribution is 2.38. The highest BCUT2D eigenvalue weighted by molar-refractivity contribution is 6.07. The van der Waals surface area contributed by atoms with Gasteiger partial charge in [-0.05, 0) is 19.1 Å². The minimum absolute atomic E-state index is 0.0232. The molecule has 0 spiro atoms. The molecule has 27 heavy (non-hydrogen) atoms. The lowest BCUT2D eigenvalue weighted by Gasteiger charge is -2.14. The molecule has 0 fully saturated rings. The molecule has 0 aliphatic carbocycles. The summed E-state index contributed by atoms with van der Waals surface area (Å²) < 4.78 is 11.1. The Bertz CT molecular complexity index is 1290. The van der Waals surface area contributed by atoms with E-state index in [1.54, 1.807) is 6.92 Å². The SMILES string of the molecule is C=C(C)C(O)Cc1c(O)cc2oc3oc4cc(O)ccc4c3c(=O)c2c1O. The second kappa shape index (κ2) is 5.78. The molecule has 0 bridgehead atoms. The van der Waals surface area contributed by atoms with E-state index in [1.165, 1.54) is 24.3 Å². The first-order valence-corrected chi connectivity index (χ1v) is 8.17. The van der Waals surface area contributed by atoms with Crippen LogP contribution in [0.25, 0.3) is 33.1 Å². The molecule has 1 atom stereocenters. The molecule has 2 aromatic carbocycles. The Morgan fingerprint density at radius 2 is 1.81 bits per heavy atom. The van der Waals surface area contributed by atoms with Crippen LogP contribution in [0.15, 0.2) is 50.0 Å². The van der Waals surface area contributed by atoms with Gasteiger partial charge in [0.2, 0.25) is 5.43 Å². The maximum Gasteiger partial charge on any atom is 0.302 e. The monoisotopic (exact) mass is 368 g/mol. The normalized spacial score (nSPS) is 12.8. The van der Waals surface area contributed by atoms with Crippen molar-refractivity contribution in [3.05, 3.63) is 52.2 Å². The molecule has 4 aromatic rings. The molecule has 0 saturated carbocycles. The molecule has 0 aliphatic heterocycles. The van der Waals surface area contributed by atoms with Gasteiger partial charge in [-0.1, -0.05) is 12.2 Å². The van der Waals surface area contributed by atoms with Gasteiger partial charge in [-0.25, -0.2) is 0 Å². The van der Waals surface area contributed by atoms with Crippen molar-refractivity contribution in [1.29, 1.82) is 0 Å². The fourth-order valence-corrected chi connectivity index (χ4v) is 3.12. The molecule has 7 heteroatoms. The van der Waals surface area contributed by atoms with E-state index >= 15 is 0 Å². The van der Waals surface area contributed by atoms with Crippen molar-refractivity contribution in [3.8, 4) is 17.2 Å². The molecule has 0 saturated heterocycles. The van der Waals surface area contributed by atoms with Crippen molar-refractivity contribution < 1.29 is 29.3 Å². The summed E-state index contributed by atoms with van der Waals surface area (Å²) in [6.07, 6.45) is -1.10. The van der Waals surface area contributed by atoms with Gasteiger partial charge < -0.3 is 29.3 Å². The maximum absolute atomic E-state index is 13.0. The van der Waals surface area contributed by atoms with Gasteiger partial charge in [0.15, 0.2) is 0 Å². The fraction of sp³-hybridized carbons (Fsp3) is 0.150. The third-order valence-electron chi connectivity index (χ3n) is 4.61. The van der Waals surface area contributed by atoms with E-state index in [1.807, 2.05) is 0 Å². The predicted octanol–water partition coefficient (Wildman–Crippen LogP) is 3.29. The zero-order valence-corrected chi connectivity index (χ0v) is 14.3. The van der Waals surface area contributed by atoms with E-state index in [0.717, 1.165) is 0 Å². The van der Waals surface area contributed by atoms with Crippen LogP contribution in [0.3, 0.4) is 0 Å². The average molecular weight is 368 g/mol. The van der Waals surface area contributed by atoms with Gasteiger partial charge in [0.05, 0.1) is 6.10 Å². The number of benzene rings is 2. The summed E-state index contributed by atoms with van der Waals surface area (Å²) in [7, 11) is 0. The molecule has 0 amide bonds. The Morgan fingerprint density at radius 1 is 1.11 bits per heavy atom. The van der Waals surface area contributed by atoms with Crippen molar-refractivity contribution in [3.63, 3.8) is 0 Å². The minimum atomic E-state index is -0.993. The molecule has 138 valence electrons. The van der Waals surface area contributed by atoms with Crippen molar-refractivity contribution in [2.75, 3.05) is 0 Å². The quantitative estimate of drug-likeness (QED) is 0.409. The Kier molecular flexibility index (Phi) is 3.64. The first kappa shape index (κ1) is 17.0. The van der Waals surface area contributed by atoms with E-state index in [4.69, 9.17) is 8.83 Å². The summed E-state index contributed by atoms with van der Waals surface area (Å²) >= 11 is 0. The Balaban J connectivity index is 2.08. The number of hydrogen-bond donors (Lipinski definition) is 4. The van der Waals surface area contributed by atoms with Crippen LogP contribution in [0, 0.1) is 0 Å². The van der Waals surface area contributed by atoms with Crippen LogP contribution in [0.2, 0.25) is 0 Å². The standard InChI is InChI=1S/C20H16O7/c1-8(2)12(22)6-11-13(23)7-15-17(18(11)24)19(25)16-10-4-3-9(21)5-14(10)26-20(16)27-15/h3-5,7,12,21-24H,1,6H2,2H3. The number of furan rings is 1. The Hall–Kier alpha value is -3.45. The number of phenols is 3. The lowest BCUT2D eigenvalue weighted by atomic mass is 9.99. The number of aromatic hydroxyl groups is 3. The lowest BCUT2D eigenvalue weighted by Crippen LogP contribution is -2.12. The summed E-state index contributed by atoms with van der Waals surface area (Å²) in [5.41, 5.74) is 0.133. The minimum Gasteiger partial charge on any atom is -0.508 e. The fourth-order valence-electron chi connectivity index (χ4n) is 3.12. The molecule has 2 aromatic heterocycles. The smallest absolute Gasteiger partial charge is 0.302 e. The first-order chi connectivity index (χ1) is 12.8. The molecule has 4 N–H and O–H groups in total. The summed E-state index contributed by atoms with van der Waals surface area (Å²) in [6.45, 7) is 5.26. The lowest BCUT2D eigenvalue weighted by molar-refractivity contribution is 0.209. The molecule has 2 heterocycles. The number of rotatable bonds is 3. The molecule has 4 rings (SSSR count). The van der Waals surface area contributed by atoms with E-state index in [9.17, 15) is 25.2 Å². The zero-order chi connectivity index (χ0) is 19.5. The zero-order valence-electron chi connectivity index (χ0n) is 14.3. The molecule has 0 radical (unpaired) electrons. The highest BCUT2D eigenvalue weighted by atomic mass is 16.5. The van der Waals surface area contributed by atoms with Crippen molar-refractivity contribution in [1.82, 2.24) is 0 Å². The third-order valence-corrected chi connectivity index (χ3v) is 4.61. The molecule has 0 aliphatic rings. The molecule has 1 unspecified atom stereocenters. The first-order valence-electron chi connectivity index (χ1n) is 8.17. The van der Waals surface area contributed by atoms with Crippen LogP contribution in [0.1, 0.15) is 12.5 Å². The van der Waals surface area contributed by atoms with Gasteiger partial charge in [0.1, 0.15) is 39.2 Å². The van der Waals surface area contributed by atoms with Gasteiger partial charge >= 0.3 is 5.78 Å². The number of aliphatic hydroxyl groups excluding tert-OH is 1. The molecular weight excluding hydrogens is 352 g/mol. The largest absolute Gasteiger partial charge is 0.508 e. The molecular formula is C20H16O7.